The second-order valence-electron chi connectivity index (χ2n) is 5.95. The first-order chi connectivity index (χ1) is 11.0. The van der Waals surface area contributed by atoms with Crippen LogP contribution in [0, 0.1) is 0 Å². The summed E-state index contributed by atoms with van der Waals surface area (Å²) in [7, 11) is 7.86. The number of carbonyl (C=O) groups excluding carboxylic acids is 1. The highest BCUT2D eigenvalue weighted by Gasteiger charge is 2.13. The molecular weight excluding hydrogens is 288 g/mol. The first-order valence-corrected chi connectivity index (χ1v) is 7.53. The highest BCUT2D eigenvalue weighted by molar-refractivity contribution is 6.04. The molecule has 0 radical (unpaired) electrons. The van der Waals surface area contributed by atoms with Crippen LogP contribution in [0.3, 0.4) is 0 Å². The van der Waals surface area contributed by atoms with Gasteiger partial charge in [-0.1, -0.05) is 12.1 Å². The Kier molecular flexibility index (Phi) is 5.60. The summed E-state index contributed by atoms with van der Waals surface area (Å²) in [6.45, 7) is 0.905. The van der Waals surface area contributed by atoms with E-state index in [9.17, 15) is 4.79 Å². The number of nitrogens with zero attached hydrogens (tertiary/aromatic N) is 3. The Labute approximate surface area is 138 Å². The van der Waals surface area contributed by atoms with Crippen molar-refractivity contribution in [3.63, 3.8) is 0 Å². The topological polar surface area (TPSA) is 38.8 Å². The second-order valence-corrected chi connectivity index (χ2v) is 5.95. The lowest BCUT2D eigenvalue weighted by molar-refractivity contribution is -0.111. The van der Waals surface area contributed by atoms with Crippen LogP contribution in [0.2, 0.25) is 0 Å². The lowest BCUT2D eigenvalue weighted by atomic mass is 10.2. The van der Waals surface area contributed by atoms with Gasteiger partial charge in [0.05, 0.1) is 5.69 Å². The summed E-state index contributed by atoms with van der Waals surface area (Å²) in [5.74, 6) is -0.0581. The van der Waals surface area contributed by atoms with Crippen molar-refractivity contribution < 1.29 is 4.79 Å². The molecule has 122 valence electrons. The van der Waals surface area contributed by atoms with Gasteiger partial charge in [-0.3, -0.25) is 15.2 Å². The first kappa shape index (κ1) is 16.8. The quantitative estimate of drug-likeness (QED) is 0.815. The van der Waals surface area contributed by atoms with E-state index in [2.05, 4.69) is 22.5 Å². The summed E-state index contributed by atoms with van der Waals surface area (Å²) in [6, 6.07) is 8.27. The van der Waals surface area contributed by atoms with Crippen LogP contribution < -0.4 is 10.4 Å². The van der Waals surface area contributed by atoms with Gasteiger partial charge < -0.3 is 9.80 Å². The average molecular weight is 312 g/mol. The monoisotopic (exact) mass is 312 g/mol. The van der Waals surface area contributed by atoms with Gasteiger partial charge in [0.15, 0.2) is 0 Å². The zero-order valence-electron chi connectivity index (χ0n) is 14.2. The van der Waals surface area contributed by atoms with E-state index in [1.54, 1.807) is 18.4 Å². The molecular formula is C18H24N4O. The number of ketones is 1. The zero-order valence-corrected chi connectivity index (χ0v) is 14.2. The van der Waals surface area contributed by atoms with Crippen molar-refractivity contribution in [3.05, 3.63) is 66.2 Å². The molecule has 0 fully saturated rings. The van der Waals surface area contributed by atoms with E-state index in [0.29, 0.717) is 5.70 Å². The number of hydrogen-bond acceptors (Lipinski definition) is 5. The molecule has 0 bridgehead atoms. The van der Waals surface area contributed by atoms with E-state index < -0.39 is 0 Å². The third-order valence-electron chi connectivity index (χ3n) is 3.24. The smallest absolute Gasteiger partial charge is 0.204 e. The van der Waals surface area contributed by atoms with Crippen molar-refractivity contribution in [2.75, 3.05) is 33.2 Å². The molecule has 2 rings (SSSR count). The third-order valence-corrected chi connectivity index (χ3v) is 3.24. The number of allylic oxidation sites excluding steroid dienone is 3. The summed E-state index contributed by atoms with van der Waals surface area (Å²) >= 11 is 0. The number of carbonyl (C=O) groups is 1. The molecule has 1 aromatic rings. The Hall–Kier alpha value is -2.53. The third kappa shape index (κ3) is 5.00. The van der Waals surface area contributed by atoms with Crippen molar-refractivity contribution in [1.82, 2.24) is 15.2 Å². The van der Waals surface area contributed by atoms with Crippen molar-refractivity contribution in [2.45, 2.75) is 6.54 Å². The van der Waals surface area contributed by atoms with Gasteiger partial charge in [0, 0.05) is 39.1 Å². The van der Waals surface area contributed by atoms with Gasteiger partial charge in [-0.25, -0.2) is 0 Å². The number of rotatable bonds is 6. The molecule has 0 amide bonds. The Bertz CT molecular complexity index is 627. The zero-order chi connectivity index (χ0) is 16.8. The SMILES string of the molecule is CN(C)/C=C/C(=O)C1=CC=CN(c2ccc(CN(C)C)cc2)N1. The predicted molar refractivity (Wildman–Crippen MR) is 94.5 cm³/mol. The van der Waals surface area contributed by atoms with E-state index in [-0.39, 0.29) is 5.78 Å². The predicted octanol–water partition coefficient (Wildman–Crippen LogP) is 2.11. The highest BCUT2D eigenvalue weighted by atomic mass is 16.1. The number of hydrazine groups is 1. The molecule has 23 heavy (non-hydrogen) atoms. The van der Waals surface area contributed by atoms with Gasteiger partial charge in [-0.15, -0.1) is 0 Å². The fraction of sp³-hybridized carbons (Fsp3) is 0.278. The Balaban J connectivity index is 2.04. The van der Waals surface area contributed by atoms with Crippen molar-refractivity contribution in [3.8, 4) is 0 Å². The van der Waals surface area contributed by atoms with E-state index in [1.807, 2.05) is 62.5 Å². The van der Waals surface area contributed by atoms with Crippen molar-refractivity contribution in [2.24, 2.45) is 0 Å². The minimum atomic E-state index is -0.0581. The maximum atomic E-state index is 12.1. The molecule has 0 spiro atoms. The van der Waals surface area contributed by atoms with Crippen LogP contribution in [0.5, 0.6) is 0 Å². The summed E-state index contributed by atoms with van der Waals surface area (Å²) < 4.78 is 0. The summed E-state index contributed by atoms with van der Waals surface area (Å²) in [6.07, 6.45) is 8.83. The van der Waals surface area contributed by atoms with Crippen LogP contribution in [-0.4, -0.2) is 43.8 Å². The van der Waals surface area contributed by atoms with E-state index in [4.69, 9.17) is 0 Å². The van der Waals surface area contributed by atoms with Crippen LogP contribution in [0.4, 0.5) is 5.69 Å². The standard InChI is InChI=1S/C18H24N4O/c1-20(2)13-11-18(23)17-6-5-12-22(19-17)16-9-7-15(8-10-16)14-21(3)4/h5-13,19H,14H2,1-4H3/b13-11+. The summed E-state index contributed by atoms with van der Waals surface area (Å²) in [5.41, 5.74) is 5.91. The number of anilines is 1. The lowest BCUT2D eigenvalue weighted by Gasteiger charge is -2.26. The van der Waals surface area contributed by atoms with E-state index in [0.717, 1.165) is 12.2 Å². The maximum absolute atomic E-state index is 12.1. The summed E-state index contributed by atoms with van der Waals surface area (Å²) in [5, 5.41) is 1.84. The Morgan fingerprint density at radius 1 is 1.17 bits per heavy atom. The molecule has 1 aliphatic heterocycles. The van der Waals surface area contributed by atoms with Gasteiger partial charge in [-0.2, -0.15) is 0 Å². The molecule has 0 unspecified atom stereocenters. The van der Waals surface area contributed by atoms with Gasteiger partial charge >= 0.3 is 0 Å². The molecule has 0 saturated carbocycles. The average Bonchev–Trinajstić information content (AvgIpc) is 2.53. The summed E-state index contributed by atoms with van der Waals surface area (Å²) in [4.78, 5) is 16.1. The fourth-order valence-corrected chi connectivity index (χ4v) is 2.15. The molecule has 1 heterocycles. The molecule has 1 N–H and O–H groups in total. The molecule has 0 aromatic heterocycles. The first-order valence-electron chi connectivity index (χ1n) is 7.53. The molecule has 1 aliphatic rings. The highest BCUT2D eigenvalue weighted by Crippen LogP contribution is 2.17. The van der Waals surface area contributed by atoms with Gasteiger partial charge in [-0.05, 0) is 43.9 Å². The fourth-order valence-electron chi connectivity index (χ4n) is 2.15. The second kappa shape index (κ2) is 7.65. The minimum absolute atomic E-state index is 0.0581. The molecule has 5 nitrogen and oxygen atoms in total. The lowest BCUT2D eigenvalue weighted by Crippen LogP contribution is -2.37. The van der Waals surface area contributed by atoms with Gasteiger partial charge in [0.25, 0.3) is 0 Å². The molecule has 5 heteroatoms. The van der Waals surface area contributed by atoms with Gasteiger partial charge in [0.1, 0.15) is 5.70 Å². The van der Waals surface area contributed by atoms with Crippen molar-refractivity contribution in [1.29, 1.82) is 0 Å². The number of nitrogens with one attached hydrogen (secondary N) is 1. The van der Waals surface area contributed by atoms with Gasteiger partial charge in [0.2, 0.25) is 5.78 Å². The minimum Gasteiger partial charge on any atom is -0.383 e. The molecule has 0 atom stereocenters. The van der Waals surface area contributed by atoms with Crippen LogP contribution >= 0.6 is 0 Å². The molecule has 1 aromatic carbocycles. The molecule has 0 aliphatic carbocycles. The Morgan fingerprint density at radius 2 is 1.87 bits per heavy atom. The largest absolute Gasteiger partial charge is 0.383 e. The maximum Gasteiger partial charge on any atom is 0.204 e. The van der Waals surface area contributed by atoms with Crippen LogP contribution in [0.1, 0.15) is 5.56 Å². The molecule has 0 saturated heterocycles. The van der Waals surface area contributed by atoms with Crippen LogP contribution in [0.25, 0.3) is 0 Å². The van der Waals surface area contributed by atoms with Crippen LogP contribution in [-0.2, 0) is 11.3 Å². The normalized spacial score (nSPS) is 14.1. The van der Waals surface area contributed by atoms with E-state index in [1.165, 1.54) is 5.56 Å². The Morgan fingerprint density at radius 3 is 2.48 bits per heavy atom. The number of benzene rings is 1. The van der Waals surface area contributed by atoms with Crippen molar-refractivity contribution >= 4 is 11.5 Å². The van der Waals surface area contributed by atoms with E-state index >= 15 is 0 Å². The number of hydrogen-bond donors (Lipinski definition) is 1. The van der Waals surface area contributed by atoms with Crippen LogP contribution in [0.15, 0.2) is 60.6 Å².